The number of carbonyl (C=O) groups excluding carboxylic acids is 1. The molecule has 0 aliphatic rings. The molecule has 0 atom stereocenters. The molecule has 2 aromatic rings. The lowest BCUT2D eigenvalue weighted by atomic mass is 10.2. The molecule has 1 aromatic carbocycles. The van der Waals surface area contributed by atoms with Crippen LogP contribution in [0.2, 0.25) is 0 Å². The molecule has 1 amide bonds. The van der Waals surface area contributed by atoms with Gasteiger partial charge in [-0.2, -0.15) is 5.10 Å². The summed E-state index contributed by atoms with van der Waals surface area (Å²) in [5.41, 5.74) is 6.77. The molecular formula is C12H14BrN5O. The number of amides is 1. The molecule has 0 bridgehead atoms. The van der Waals surface area contributed by atoms with Crippen LogP contribution in [0.5, 0.6) is 0 Å². The zero-order chi connectivity index (χ0) is 14.0. The van der Waals surface area contributed by atoms with Crippen molar-refractivity contribution in [2.75, 3.05) is 12.8 Å². The third kappa shape index (κ3) is 3.11. The van der Waals surface area contributed by atoms with Gasteiger partial charge in [-0.15, -0.1) is 0 Å². The maximum Gasteiger partial charge on any atom is 0.255 e. The predicted molar refractivity (Wildman–Crippen MR) is 75.5 cm³/mol. The van der Waals surface area contributed by atoms with Crippen molar-refractivity contribution in [1.82, 2.24) is 20.1 Å². The largest absolute Gasteiger partial charge is 0.399 e. The highest BCUT2D eigenvalue weighted by Crippen LogP contribution is 2.21. The molecule has 100 valence electrons. The van der Waals surface area contributed by atoms with Gasteiger partial charge >= 0.3 is 0 Å². The van der Waals surface area contributed by atoms with Crippen LogP contribution in [-0.4, -0.2) is 33.0 Å². The summed E-state index contributed by atoms with van der Waals surface area (Å²) in [6.07, 6.45) is 0. The Morgan fingerprint density at radius 3 is 2.89 bits per heavy atom. The van der Waals surface area contributed by atoms with E-state index < -0.39 is 0 Å². The van der Waals surface area contributed by atoms with Crippen molar-refractivity contribution in [2.45, 2.75) is 13.5 Å². The highest BCUT2D eigenvalue weighted by Gasteiger charge is 2.16. The van der Waals surface area contributed by atoms with Crippen molar-refractivity contribution in [3.63, 3.8) is 0 Å². The number of carbonyl (C=O) groups is 1. The summed E-state index contributed by atoms with van der Waals surface area (Å²) in [5, 5.41) is 6.75. The van der Waals surface area contributed by atoms with Gasteiger partial charge in [-0.1, -0.05) is 0 Å². The molecule has 3 N–H and O–H groups in total. The monoisotopic (exact) mass is 323 g/mol. The lowest BCUT2D eigenvalue weighted by molar-refractivity contribution is 0.0781. The molecule has 0 saturated carbocycles. The fourth-order valence-electron chi connectivity index (χ4n) is 1.66. The lowest BCUT2D eigenvalue weighted by Crippen LogP contribution is -2.27. The SMILES string of the molecule is Cc1nc(CN(C)C(=O)c2cc(N)ccc2Br)n[nH]1. The van der Waals surface area contributed by atoms with E-state index in [1.165, 1.54) is 0 Å². The van der Waals surface area contributed by atoms with Crippen LogP contribution in [0.25, 0.3) is 0 Å². The number of aromatic nitrogens is 3. The maximum absolute atomic E-state index is 12.3. The molecule has 0 saturated heterocycles. The summed E-state index contributed by atoms with van der Waals surface area (Å²) in [5.74, 6) is 1.16. The van der Waals surface area contributed by atoms with Crippen LogP contribution >= 0.6 is 15.9 Å². The normalized spacial score (nSPS) is 10.5. The number of aromatic amines is 1. The number of rotatable bonds is 3. The molecular weight excluding hydrogens is 310 g/mol. The minimum absolute atomic E-state index is 0.137. The molecule has 2 rings (SSSR count). The van der Waals surface area contributed by atoms with E-state index in [1.807, 2.05) is 6.92 Å². The van der Waals surface area contributed by atoms with Gasteiger partial charge < -0.3 is 10.6 Å². The molecule has 0 aliphatic heterocycles. The van der Waals surface area contributed by atoms with Crippen LogP contribution in [0.4, 0.5) is 5.69 Å². The number of halogens is 1. The Hall–Kier alpha value is -1.89. The van der Waals surface area contributed by atoms with E-state index in [0.717, 1.165) is 5.82 Å². The first kappa shape index (κ1) is 13.5. The molecule has 1 aromatic heterocycles. The van der Waals surface area contributed by atoms with Crippen LogP contribution in [0.15, 0.2) is 22.7 Å². The van der Waals surface area contributed by atoms with E-state index in [4.69, 9.17) is 5.73 Å². The summed E-state index contributed by atoms with van der Waals surface area (Å²) < 4.78 is 0.713. The third-order valence-corrected chi connectivity index (χ3v) is 3.28. The van der Waals surface area contributed by atoms with E-state index in [0.29, 0.717) is 28.1 Å². The fourth-order valence-corrected chi connectivity index (χ4v) is 2.07. The van der Waals surface area contributed by atoms with Gasteiger partial charge in [-0.25, -0.2) is 4.98 Å². The maximum atomic E-state index is 12.3. The van der Waals surface area contributed by atoms with Crippen molar-refractivity contribution in [3.8, 4) is 0 Å². The van der Waals surface area contributed by atoms with E-state index in [2.05, 4.69) is 31.1 Å². The summed E-state index contributed by atoms with van der Waals surface area (Å²) in [6, 6.07) is 5.14. The number of nitrogens with two attached hydrogens (primary N) is 1. The number of nitrogens with zero attached hydrogens (tertiary/aromatic N) is 3. The first-order valence-electron chi connectivity index (χ1n) is 5.65. The Balaban J connectivity index is 2.16. The Kier molecular flexibility index (Phi) is 3.84. The first-order chi connectivity index (χ1) is 8.97. The molecule has 0 radical (unpaired) electrons. The van der Waals surface area contributed by atoms with Gasteiger partial charge in [0.2, 0.25) is 0 Å². The zero-order valence-corrected chi connectivity index (χ0v) is 12.2. The minimum Gasteiger partial charge on any atom is -0.399 e. The number of hydrogen-bond donors (Lipinski definition) is 2. The minimum atomic E-state index is -0.137. The average Bonchev–Trinajstić information content (AvgIpc) is 2.77. The quantitative estimate of drug-likeness (QED) is 0.842. The number of H-pyrrole nitrogens is 1. The van der Waals surface area contributed by atoms with Crippen LogP contribution < -0.4 is 5.73 Å². The number of benzene rings is 1. The smallest absolute Gasteiger partial charge is 0.255 e. The summed E-state index contributed by atoms with van der Waals surface area (Å²) >= 11 is 3.35. The van der Waals surface area contributed by atoms with E-state index in [-0.39, 0.29) is 5.91 Å². The van der Waals surface area contributed by atoms with E-state index in [9.17, 15) is 4.79 Å². The summed E-state index contributed by atoms with van der Waals surface area (Å²) in [6.45, 7) is 2.15. The second-order valence-corrected chi connectivity index (χ2v) is 5.09. The number of nitrogen functional groups attached to an aromatic ring is 1. The Morgan fingerprint density at radius 1 is 1.53 bits per heavy atom. The van der Waals surface area contributed by atoms with Crippen molar-refractivity contribution in [2.24, 2.45) is 0 Å². The van der Waals surface area contributed by atoms with Gasteiger partial charge in [-0.3, -0.25) is 9.89 Å². The highest BCUT2D eigenvalue weighted by atomic mass is 79.9. The number of hydrogen-bond acceptors (Lipinski definition) is 4. The van der Waals surface area contributed by atoms with E-state index in [1.54, 1.807) is 30.1 Å². The van der Waals surface area contributed by atoms with Gasteiger partial charge in [0.05, 0.1) is 12.1 Å². The fraction of sp³-hybridized carbons (Fsp3) is 0.250. The Labute approximate surface area is 119 Å². The summed E-state index contributed by atoms with van der Waals surface area (Å²) in [7, 11) is 1.70. The molecule has 19 heavy (non-hydrogen) atoms. The summed E-state index contributed by atoms with van der Waals surface area (Å²) in [4.78, 5) is 18.0. The van der Waals surface area contributed by atoms with Crippen LogP contribution in [0.1, 0.15) is 22.0 Å². The van der Waals surface area contributed by atoms with Crippen LogP contribution in [0.3, 0.4) is 0 Å². The van der Waals surface area contributed by atoms with Crippen molar-refractivity contribution < 1.29 is 4.79 Å². The van der Waals surface area contributed by atoms with Crippen LogP contribution in [-0.2, 0) is 6.54 Å². The van der Waals surface area contributed by atoms with Crippen molar-refractivity contribution in [3.05, 3.63) is 39.9 Å². The van der Waals surface area contributed by atoms with Gasteiger partial charge in [0.15, 0.2) is 5.82 Å². The second kappa shape index (κ2) is 5.40. The molecule has 0 aliphatic carbocycles. The molecule has 7 heteroatoms. The zero-order valence-electron chi connectivity index (χ0n) is 10.6. The number of anilines is 1. The molecule has 6 nitrogen and oxygen atoms in total. The topological polar surface area (TPSA) is 87.9 Å². The third-order valence-electron chi connectivity index (χ3n) is 2.59. The average molecular weight is 324 g/mol. The standard InChI is InChI=1S/C12H14BrN5O/c1-7-15-11(17-16-7)6-18(2)12(19)9-5-8(14)3-4-10(9)13/h3-5H,6,14H2,1-2H3,(H,15,16,17). The van der Waals surface area contributed by atoms with Crippen molar-refractivity contribution >= 4 is 27.5 Å². The lowest BCUT2D eigenvalue weighted by Gasteiger charge is -2.16. The molecule has 0 spiro atoms. The number of aryl methyl sites for hydroxylation is 1. The molecule has 1 heterocycles. The van der Waals surface area contributed by atoms with Gasteiger partial charge in [0.1, 0.15) is 5.82 Å². The van der Waals surface area contributed by atoms with Crippen LogP contribution in [0, 0.1) is 6.92 Å². The Bertz CT molecular complexity index is 610. The highest BCUT2D eigenvalue weighted by molar-refractivity contribution is 9.10. The van der Waals surface area contributed by atoms with Crippen molar-refractivity contribution in [1.29, 1.82) is 0 Å². The molecule has 0 unspecified atom stereocenters. The first-order valence-corrected chi connectivity index (χ1v) is 6.45. The second-order valence-electron chi connectivity index (χ2n) is 4.24. The molecule has 0 fully saturated rings. The predicted octanol–water partition coefficient (Wildman–Crippen LogP) is 1.73. The Morgan fingerprint density at radius 2 is 2.26 bits per heavy atom. The van der Waals surface area contributed by atoms with Gasteiger partial charge in [-0.05, 0) is 41.1 Å². The van der Waals surface area contributed by atoms with Gasteiger partial charge in [0, 0.05) is 17.2 Å². The number of nitrogens with one attached hydrogen (secondary N) is 1. The van der Waals surface area contributed by atoms with Gasteiger partial charge in [0.25, 0.3) is 5.91 Å². The van der Waals surface area contributed by atoms with E-state index >= 15 is 0 Å².